The van der Waals surface area contributed by atoms with E-state index in [0.717, 1.165) is 32.2 Å². The van der Waals surface area contributed by atoms with Crippen LogP contribution in [-0.2, 0) is 6.54 Å². The highest BCUT2D eigenvalue weighted by molar-refractivity contribution is 5.92. The van der Waals surface area contributed by atoms with Crippen molar-refractivity contribution in [2.24, 2.45) is 0 Å². The van der Waals surface area contributed by atoms with Crippen molar-refractivity contribution >= 4 is 5.91 Å². The molecule has 1 aliphatic heterocycles. The molecule has 0 radical (unpaired) electrons. The Morgan fingerprint density at radius 3 is 3.05 bits per heavy atom. The van der Waals surface area contributed by atoms with Crippen LogP contribution in [-0.4, -0.2) is 37.3 Å². The van der Waals surface area contributed by atoms with Crippen LogP contribution in [0, 0.1) is 6.92 Å². The van der Waals surface area contributed by atoms with Gasteiger partial charge in [-0.05, 0) is 38.7 Å². The van der Waals surface area contributed by atoms with Crippen molar-refractivity contribution in [1.29, 1.82) is 0 Å². The van der Waals surface area contributed by atoms with Crippen molar-refractivity contribution in [3.63, 3.8) is 0 Å². The Morgan fingerprint density at radius 2 is 2.32 bits per heavy atom. The number of nitrogens with zero attached hydrogens (tertiary/aromatic N) is 5. The number of carbonyl (C=O) groups excluding carboxylic acids is 1. The van der Waals surface area contributed by atoms with Gasteiger partial charge in [0.2, 0.25) is 5.89 Å². The molecule has 3 rings (SSSR count). The summed E-state index contributed by atoms with van der Waals surface area (Å²) in [6.45, 7) is 5.31. The second-order valence-corrected chi connectivity index (χ2v) is 5.63. The molecule has 1 saturated heterocycles. The number of likely N-dealkylation sites (tertiary alicyclic amines) is 1. The summed E-state index contributed by atoms with van der Waals surface area (Å²) in [6.07, 6.45) is 5.53. The minimum atomic E-state index is -0.132. The number of rotatable bonds is 4. The van der Waals surface area contributed by atoms with E-state index in [2.05, 4.69) is 22.2 Å². The predicted octanol–water partition coefficient (Wildman–Crippen LogP) is 2.35. The van der Waals surface area contributed by atoms with Gasteiger partial charge >= 0.3 is 0 Å². The lowest BCUT2D eigenvalue weighted by molar-refractivity contribution is 0.0548. The lowest BCUT2D eigenvalue weighted by atomic mass is 10.0. The molecule has 2 aromatic heterocycles. The van der Waals surface area contributed by atoms with E-state index in [1.807, 2.05) is 4.90 Å². The Kier molecular flexibility index (Phi) is 4.22. The number of amides is 1. The minimum Gasteiger partial charge on any atom is -0.337 e. The molecule has 2 aromatic rings. The van der Waals surface area contributed by atoms with Crippen molar-refractivity contribution in [2.45, 2.75) is 52.1 Å². The first kappa shape index (κ1) is 14.7. The molecular formula is C15H21N5O2. The van der Waals surface area contributed by atoms with Crippen LogP contribution in [0.4, 0.5) is 0 Å². The smallest absolute Gasteiger partial charge is 0.272 e. The van der Waals surface area contributed by atoms with Crippen molar-refractivity contribution in [2.75, 3.05) is 6.54 Å². The third kappa shape index (κ3) is 2.75. The zero-order chi connectivity index (χ0) is 15.5. The van der Waals surface area contributed by atoms with Crippen LogP contribution in [0.2, 0.25) is 0 Å². The van der Waals surface area contributed by atoms with E-state index in [9.17, 15) is 4.79 Å². The largest absolute Gasteiger partial charge is 0.337 e. The maximum atomic E-state index is 12.9. The van der Waals surface area contributed by atoms with E-state index >= 15 is 0 Å². The van der Waals surface area contributed by atoms with Crippen molar-refractivity contribution in [1.82, 2.24) is 24.8 Å². The first-order valence-corrected chi connectivity index (χ1v) is 7.83. The Hall–Kier alpha value is -2.18. The molecule has 7 nitrogen and oxygen atoms in total. The van der Waals surface area contributed by atoms with Gasteiger partial charge in [0.25, 0.3) is 5.91 Å². The fraction of sp³-hybridized carbons (Fsp3) is 0.600. The summed E-state index contributed by atoms with van der Waals surface area (Å²) in [4.78, 5) is 19.1. The molecule has 1 aliphatic rings. The van der Waals surface area contributed by atoms with E-state index in [1.165, 1.54) is 0 Å². The summed E-state index contributed by atoms with van der Waals surface area (Å²) in [5, 5.41) is 8.10. The highest BCUT2D eigenvalue weighted by Crippen LogP contribution is 2.31. The molecule has 3 heterocycles. The van der Waals surface area contributed by atoms with Crippen LogP contribution in [0.1, 0.15) is 60.9 Å². The van der Waals surface area contributed by atoms with Gasteiger partial charge in [-0.2, -0.15) is 10.1 Å². The van der Waals surface area contributed by atoms with Gasteiger partial charge in [0, 0.05) is 19.3 Å². The van der Waals surface area contributed by atoms with Gasteiger partial charge in [-0.25, -0.2) is 0 Å². The van der Waals surface area contributed by atoms with Gasteiger partial charge in [0.15, 0.2) is 5.82 Å². The minimum absolute atomic E-state index is 0.00787. The molecule has 0 saturated carbocycles. The van der Waals surface area contributed by atoms with Crippen molar-refractivity contribution in [3.8, 4) is 0 Å². The molecule has 118 valence electrons. The summed E-state index contributed by atoms with van der Waals surface area (Å²) >= 11 is 0. The normalized spacial score (nSPS) is 18.6. The molecular weight excluding hydrogens is 282 g/mol. The zero-order valence-electron chi connectivity index (χ0n) is 13.0. The Bertz CT molecular complexity index is 648. The van der Waals surface area contributed by atoms with E-state index < -0.39 is 0 Å². The first-order valence-electron chi connectivity index (χ1n) is 7.83. The summed E-state index contributed by atoms with van der Waals surface area (Å²) in [5.41, 5.74) is 0.630. The summed E-state index contributed by atoms with van der Waals surface area (Å²) < 4.78 is 7.07. The van der Waals surface area contributed by atoms with Gasteiger partial charge in [-0.1, -0.05) is 12.1 Å². The highest BCUT2D eigenvalue weighted by Gasteiger charge is 2.33. The van der Waals surface area contributed by atoms with Crippen molar-refractivity contribution in [3.05, 3.63) is 29.7 Å². The maximum Gasteiger partial charge on any atom is 0.272 e. The molecule has 22 heavy (non-hydrogen) atoms. The number of carbonyl (C=O) groups is 1. The lowest BCUT2D eigenvalue weighted by Gasteiger charge is -2.33. The van der Waals surface area contributed by atoms with Crippen LogP contribution in [0.15, 0.2) is 16.8 Å². The molecule has 0 aromatic carbocycles. The quantitative estimate of drug-likeness (QED) is 0.866. The van der Waals surface area contributed by atoms with Crippen LogP contribution >= 0.6 is 0 Å². The number of hydrogen-bond acceptors (Lipinski definition) is 5. The number of aromatic nitrogens is 4. The van der Waals surface area contributed by atoms with Gasteiger partial charge in [0.05, 0.1) is 0 Å². The molecule has 1 unspecified atom stereocenters. The SMILES string of the molecule is CCCn1nccc1C(=O)N1CCCCC1c1nc(C)no1. The van der Waals surface area contributed by atoms with Crippen LogP contribution < -0.4 is 0 Å². The molecule has 7 heteroatoms. The van der Waals surface area contributed by atoms with Crippen LogP contribution in [0.5, 0.6) is 0 Å². The second kappa shape index (κ2) is 6.29. The molecule has 0 bridgehead atoms. The molecule has 1 amide bonds. The molecule has 0 aliphatic carbocycles. The van der Waals surface area contributed by atoms with Gasteiger partial charge in [0.1, 0.15) is 11.7 Å². The number of hydrogen-bond donors (Lipinski definition) is 0. The topological polar surface area (TPSA) is 77.1 Å². The van der Waals surface area contributed by atoms with E-state index in [1.54, 1.807) is 23.9 Å². The Labute approximate surface area is 129 Å². The molecule has 1 atom stereocenters. The van der Waals surface area contributed by atoms with Gasteiger partial charge < -0.3 is 9.42 Å². The first-order chi connectivity index (χ1) is 10.7. The van der Waals surface area contributed by atoms with Crippen molar-refractivity contribution < 1.29 is 9.32 Å². The van der Waals surface area contributed by atoms with Gasteiger partial charge in [-0.15, -0.1) is 0 Å². The van der Waals surface area contributed by atoms with Crippen LogP contribution in [0.3, 0.4) is 0 Å². The summed E-state index contributed by atoms with van der Waals surface area (Å²) in [6, 6.07) is 1.65. The van der Waals surface area contributed by atoms with E-state index in [-0.39, 0.29) is 11.9 Å². The van der Waals surface area contributed by atoms with Crippen LogP contribution in [0.25, 0.3) is 0 Å². The highest BCUT2D eigenvalue weighted by atomic mass is 16.5. The zero-order valence-corrected chi connectivity index (χ0v) is 13.0. The average molecular weight is 303 g/mol. The molecule has 0 N–H and O–H groups in total. The summed E-state index contributed by atoms with van der Waals surface area (Å²) in [7, 11) is 0. The second-order valence-electron chi connectivity index (χ2n) is 5.63. The van der Waals surface area contributed by atoms with E-state index in [4.69, 9.17) is 4.52 Å². The molecule has 0 spiro atoms. The van der Waals surface area contributed by atoms with Gasteiger partial charge in [-0.3, -0.25) is 9.48 Å². The number of piperidine rings is 1. The maximum absolute atomic E-state index is 12.9. The Balaban J connectivity index is 1.86. The third-order valence-corrected chi connectivity index (χ3v) is 3.96. The monoisotopic (exact) mass is 303 g/mol. The summed E-state index contributed by atoms with van der Waals surface area (Å²) in [5.74, 6) is 1.13. The standard InChI is InChI=1S/C15H21N5O2/c1-3-9-20-13(7-8-16-20)15(21)19-10-5-4-6-12(19)14-17-11(2)18-22-14/h7-8,12H,3-6,9-10H2,1-2H3. The lowest BCUT2D eigenvalue weighted by Crippen LogP contribution is -2.39. The predicted molar refractivity (Wildman–Crippen MR) is 79.2 cm³/mol. The Morgan fingerprint density at radius 1 is 1.45 bits per heavy atom. The van der Waals surface area contributed by atoms with E-state index in [0.29, 0.717) is 24.0 Å². The molecule has 1 fully saturated rings. The average Bonchev–Trinajstić information content (AvgIpc) is 3.16. The third-order valence-electron chi connectivity index (χ3n) is 3.96. The fourth-order valence-corrected chi connectivity index (χ4v) is 2.93. The fourth-order valence-electron chi connectivity index (χ4n) is 2.93. The number of aryl methyl sites for hydroxylation is 2.